The van der Waals surface area contributed by atoms with Crippen molar-refractivity contribution >= 4 is 22.6 Å². The van der Waals surface area contributed by atoms with Crippen molar-refractivity contribution in [3.05, 3.63) is 39.8 Å². The summed E-state index contributed by atoms with van der Waals surface area (Å²) in [4.78, 5) is 16.2. The Morgan fingerprint density at radius 3 is 2.81 bits per heavy atom. The van der Waals surface area contributed by atoms with E-state index in [0.29, 0.717) is 5.88 Å². The van der Waals surface area contributed by atoms with Gasteiger partial charge in [0.1, 0.15) is 0 Å². The molecule has 0 saturated carbocycles. The minimum Gasteiger partial charge on any atom is -0.310 e. The Hall–Kier alpha value is -1.35. The zero-order valence-electron chi connectivity index (χ0n) is 9.33. The lowest BCUT2D eigenvalue weighted by Crippen LogP contribution is -2.21. The van der Waals surface area contributed by atoms with E-state index in [-0.39, 0.29) is 5.56 Å². The molecule has 84 valence electrons. The Bertz CT molecular complexity index is 589. The van der Waals surface area contributed by atoms with Crippen molar-refractivity contribution in [2.45, 2.75) is 19.2 Å². The predicted molar refractivity (Wildman–Crippen MR) is 65.9 cm³/mol. The van der Waals surface area contributed by atoms with E-state index in [1.165, 1.54) is 0 Å². The van der Waals surface area contributed by atoms with E-state index in [1.54, 1.807) is 17.8 Å². The summed E-state index contributed by atoms with van der Waals surface area (Å²) < 4.78 is 1.64. The third-order valence-electron chi connectivity index (χ3n) is 2.74. The van der Waals surface area contributed by atoms with Gasteiger partial charge in [-0.1, -0.05) is 6.92 Å². The van der Waals surface area contributed by atoms with Gasteiger partial charge in [0.15, 0.2) is 0 Å². The minimum absolute atomic E-state index is 0.0449. The Morgan fingerprint density at radius 1 is 1.44 bits per heavy atom. The molecule has 2 heterocycles. The van der Waals surface area contributed by atoms with E-state index in [0.717, 1.165) is 28.6 Å². The minimum atomic E-state index is 0.0449. The number of pyridine rings is 2. The van der Waals surface area contributed by atoms with Crippen molar-refractivity contribution < 1.29 is 0 Å². The molecule has 0 bridgehead atoms. The van der Waals surface area contributed by atoms with Crippen molar-refractivity contribution in [3.63, 3.8) is 0 Å². The van der Waals surface area contributed by atoms with Crippen LogP contribution in [0.2, 0.25) is 0 Å². The van der Waals surface area contributed by atoms with Gasteiger partial charge in [0.05, 0.1) is 11.0 Å². The highest BCUT2D eigenvalue weighted by atomic mass is 35.5. The molecule has 0 aliphatic heterocycles. The lowest BCUT2D eigenvalue weighted by atomic mass is 10.1. The zero-order valence-corrected chi connectivity index (χ0v) is 10.1. The SMILES string of the molecule is CCc1cc2ncc(CCl)cc2n(C)c1=O. The number of hydrogen-bond acceptors (Lipinski definition) is 2. The molecule has 3 nitrogen and oxygen atoms in total. The van der Waals surface area contributed by atoms with Crippen molar-refractivity contribution in [2.24, 2.45) is 7.05 Å². The Morgan fingerprint density at radius 2 is 2.19 bits per heavy atom. The van der Waals surface area contributed by atoms with Crippen molar-refractivity contribution in [1.29, 1.82) is 0 Å². The molecule has 2 aromatic rings. The maximum atomic E-state index is 11.9. The summed E-state index contributed by atoms with van der Waals surface area (Å²) in [6.07, 6.45) is 2.47. The van der Waals surface area contributed by atoms with E-state index in [1.807, 2.05) is 19.1 Å². The average Bonchev–Trinajstić information content (AvgIpc) is 2.33. The van der Waals surface area contributed by atoms with Crippen LogP contribution in [0.3, 0.4) is 0 Å². The summed E-state index contributed by atoms with van der Waals surface area (Å²) >= 11 is 5.75. The van der Waals surface area contributed by atoms with Gasteiger partial charge in [0, 0.05) is 24.7 Å². The zero-order chi connectivity index (χ0) is 11.7. The lowest BCUT2D eigenvalue weighted by molar-refractivity contribution is 0.872. The molecule has 0 fully saturated rings. The molecule has 0 aliphatic carbocycles. The summed E-state index contributed by atoms with van der Waals surface area (Å²) in [6, 6.07) is 3.77. The Labute approximate surface area is 98.7 Å². The molecule has 0 spiro atoms. The summed E-state index contributed by atoms with van der Waals surface area (Å²) in [5.74, 6) is 0.409. The number of aromatic nitrogens is 2. The first-order valence-corrected chi connectivity index (χ1v) is 5.74. The summed E-state index contributed by atoms with van der Waals surface area (Å²) in [5, 5.41) is 0. The van der Waals surface area contributed by atoms with Gasteiger partial charge in [-0.2, -0.15) is 0 Å². The van der Waals surface area contributed by atoms with Crippen LogP contribution in [0.4, 0.5) is 0 Å². The van der Waals surface area contributed by atoms with Crippen LogP contribution >= 0.6 is 11.6 Å². The number of alkyl halides is 1. The van der Waals surface area contributed by atoms with Crippen molar-refractivity contribution in [3.8, 4) is 0 Å². The van der Waals surface area contributed by atoms with Gasteiger partial charge in [0.25, 0.3) is 5.56 Å². The first kappa shape index (κ1) is 11.1. The van der Waals surface area contributed by atoms with Gasteiger partial charge in [0.2, 0.25) is 0 Å². The molecule has 0 saturated heterocycles. The second-order valence-electron chi connectivity index (χ2n) is 3.77. The first-order chi connectivity index (χ1) is 7.67. The third-order valence-corrected chi connectivity index (χ3v) is 3.05. The molecule has 0 aliphatic rings. The normalized spacial score (nSPS) is 10.9. The summed E-state index contributed by atoms with van der Waals surface area (Å²) in [5.41, 5.74) is 3.44. The highest BCUT2D eigenvalue weighted by Crippen LogP contribution is 2.13. The van der Waals surface area contributed by atoms with Crippen LogP contribution < -0.4 is 5.56 Å². The van der Waals surface area contributed by atoms with Crippen LogP contribution in [0.1, 0.15) is 18.1 Å². The van der Waals surface area contributed by atoms with Crippen LogP contribution in [0.15, 0.2) is 23.1 Å². The van der Waals surface area contributed by atoms with Gasteiger partial charge in [-0.3, -0.25) is 9.78 Å². The quantitative estimate of drug-likeness (QED) is 0.750. The number of aryl methyl sites for hydroxylation is 2. The second-order valence-corrected chi connectivity index (χ2v) is 4.04. The molecular formula is C12H13ClN2O. The monoisotopic (exact) mass is 236 g/mol. The van der Waals surface area contributed by atoms with E-state index >= 15 is 0 Å². The molecular weight excluding hydrogens is 224 g/mol. The summed E-state index contributed by atoms with van der Waals surface area (Å²) in [6.45, 7) is 1.97. The maximum absolute atomic E-state index is 11.9. The Balaban J connectivity index is 2.82. The largest absolute Gasteiger partial charge is 0.310 e. The van der Waals surface area contributed by atoms with Gasteiger partial charge in [-0.25, -0.2) is 0 Å². The van der Waals surface area contributed by atoms with Crippen molar-refractivity contribution in [2.75, 3.05) is 0 Å². The standard InChI is InChI=1S/C12H13ClN2O/c1-3-9-5-10-11(15(2)12(9)16)4-8(6-13)7-14-10/h4-5,7H,3,6H2,1-2H3. The van der Waals surface area contributed by atoms with Crippen LogP contribution in [-0.4, -0.2) is 9.55 Å². The molecule has 0 atom stereocenters. The fourth-order valence-electron chi connectivity index (χ4n) is 1.76. The van der Waals surface area contributed by atoms with Gasteiger partial charge >= 0.3 is 0 Å². The van der Waals surface area contributed by atoms with Crippen LogP contribution in [0.25, 0.3) is 11.0 Å². The molecule has 16 heavy (non-hydrogen) atoms. The van der Waals surface area contributed by atoms with E-state index in [9.17, 15) is 4.79 Å². The van der Waals surface area contributed by atoms with Gasteiger partial charge in [-0.05, 0) is 24.1 Å². The van der Waals surface area contributed by atoms with E-state index in [4.69, 9.17) is 11.6 Å². The molecule has 2 rings (SSSR count). The second kappa shape index (κ2) is 4.26. The average molecular weight is 237 g/mol. The summed E-state index contributed by atoms with van der Waals surface area (Å²) in [7, 11) is 1.77. The number of rotatable bonds is 2. The smallest absolute Gasteiger partial charge is 0.254 e. The molecule has 4 heteroatoms. The fraction of sp³-hybridized carbons (Fsp3) is 0.333. The third kappa shape index (κ3) is 1.71. The molecule has 0 aromatic carbocycles. The van der Waals surface area contributed by atoms with E-state index in [2.05, 4.69) is 4.98 Å². The number of halogens is 1. The molecule has 0 amide bonds. The molecule has 0 N–H and O–H groups in total. The van der Waals surface area contributed by atoms with Crippen LogP contribution in [0.5, 0.6) is 0 Å². The fourth-order valence-corrected chi connectivity index (χ4v) is 1.91. The predicted octanol–water partition coefficient (Wildman–Crippen LogP) is 2.23. The van der Waals surface area contributed by atoms with Crippen molar-refractivity contribution in [1.82, 2.24) is 9.55 Å². The lowest BCUT2D eigenvalue weighted by Gasteiger charge is -2.07. The molecule has 0 radical (unpaired) electrons. The van der Waals surface area contributed by atoms with Gasteiger partial charge < -0.3 is 4.57 Å². The first-order valence-electron chi connectivity index (χ1n) is 5.21. The molecule has 2 aromatic heterocycles. The van der Waals surface area contributed by atoms with Crippen LogP contribution in [0, 0.1) is 0 Å². The van der Waals surface area contributed by atoms with Crippen LogP contribution in [-0.2, 0) is 19.3 Å². The highest BCUT2D eigenvalue weighted by Gasteiger charge is 2.06. The Kier molecular flexibility index (Phi) is 2.97. The van der Waals surface area contributed by atoms with Gasteiger partial charge in [-0.15, -0.1) is 11.6 Å². The number of fused-ring (bicyclic) bond motifs is 1. The van der Waals surface area contributed by atoms with E-state index < -0.39 is 0 Å². The number of nitrogens with zero attached hydrogens (tertiary/aromatic N) is 2. The molecule has 0 unspecified atom stereocenters. The topological polar surface area (TPSA) is 34.9 Å². The highest BCUT2D eigenvalue weighted by molar-refractivity contribution is 6.17. The maximum Gasteiger partial charge on any atom is 0.254 e. The number of hydrogen-bond donors (Lipinski definition) is 0.